The summed E-state index contributed by atoms with van der Waals surface area (Å²) in [5.41, 5.74) is 3.97. The van der Waals surface area contributed by atoms with Crippen LogP contribution in [0.4, 0.5) is 16.8 Å². The first-order chi connectivity index (χ1) is 18.1. The van der Waals surface area contributed by atoms with Crippen LogP contribution in [0.2, 0.25) is 0 Å². The zero-order valence-corrected chi connectivity index (χ0v) is 21.0. The number of aryl methyl sites for hydroxylation is 1. The van der Waals surface area contributed by atoms with E-state index in [4.69, 9.17) is 0 Å². The molecule has 0 saturated carbocycles. The number of pyridine rings is 1. The average molecular weight is 512 g/mol. The van der Waals surface area contributed by atoms with E-state index in [-0.39, 0.29) is 5.91 Å². The van der Waals surface area contributed by atoms with Crippen molar-refractivity contribution < 1.29 is 4.79 Å². The standard InChI is InChI=1S/C26H25N9OS/c1-17-23(37-26(32-17)31-15-18-4-3-7-29-14-18)22-20(13-27)16-30-25(34-22)33-21-6-2-5-19(12-21)24(36)35-10-8-28-9-11-35/h2-7,12,14,16,28H,8-11,15H2,1H3,(H,31,32)(H,30,33,34). The number of nitrogens with zero attached hydrogens (tertiary/aromatic N) is 6. The zero-order valence-electron chi connectivity index (χ0n) is 20.2. The minimum atomic E-state index is -0.00168. The van der Waals surface area contributed by atoms with E-state index >= 15 is 0 Å². The Morgan fingerprint density at radius 2 is 2.05 bits per heavy atom. The largest absolute Gasteiger partial charge is 0.357 e. The highest BCUT2D eigenvalue weighted by Gasteiger charge is 2.19. The number of aromatic nitrogens is 4. The Morgan fingerprint density at radius 1 is 1.19 bits per heavy atom. The average Bonchev–Trinajstić information content (AvgIpc) is 3.32. The highest BCUT2D eigenvalue weighted by atomic mass is 32.1. The van der Waals surface area contributed by atoms with Gasteiger partial charge in [-0.2, -0.15) is 5.26 Å². The first-order valence-electron chi connectivity index (χ1n) is 11.9. The Hall–Kier alpha value is -4.40. The number of nitriles is 1. The number of benzene rings is 1. The molecule has 0 unspecified atom stereocenters. The Kier molecular flexibility index (Phi) is 7.30. The summed E-state index contributed by atoms with van der Waals surface area (Å²) in [4.78, 5) is 33.3. The van der Waals surface area contributed by atoms with Crippen molar-refractivity contribution in [3.63, 3.8) is 0 Å². The van der Waals surface area contributed by atoms with Gasteiger partial charge in [0.15, 0.2) is 5.13 Å². The van der Waals surface area contributed by atoms with Gasteiger partial charge >= 0.3 is 0 Å². The van der Waals surface area contributed by atoms with Crippen molar-refractivity contribution in [1.82, 2.24) is 30.2 Å². The molecule has 1 aromatic carbocycles. The molecule has 1 aliphatic heterocycles. The van der Waals surface area contributed by atoms with Crippen molar-refractivity contribution in [2.24, 2.45) is 0 Å². The van der Waals surface area contributed by atoms with Gasteiger partial charge in [0.05, 0.1) is 22.3 Å². The quantitative estimate of drug-likeness (QED) is 0.341. The van der Waals surface area contributed by atoms with E-state index in [0.717, 1.165) is 34.4 Å². The van der Waals surface area contributed by atoms with E-state index in [0.29, 0.717) is 48.1 Å². The number of rotatable bonds is 7. The minimum Gasteiger partial charge on any atom is -0.357 e. The summed E-state index contributed by atoms with van der Waals surface area (Å²) in [7, 11) is 0. The number of anilines is 3. The molecule has 0 bridgehead atoms. The van der Waals surface area contributed by atoms with Crippen LogP contribution in [0.15, 0.2) is 55.0 Å². The number of thiazole rings is 1. The van der Waals surface area contributed by atoms with Gasteiger partial charge in [0.1, 0.15) is 11.8 Å². The van der Waals surface area contributed by atoms with Gasteiger partial charge in [-0.05, 0) is 36.8 Å². The van der Waals surface area contributed by atoms with Crippen LogP contribution in [0, 0.1) is 18.3 Å². The molecular formula is C26H25N9OS. The van der Waals surface area contributed by atoms with Gasteiger partial charge in [0, 0.05) is 56.4 Å². The summed E-state index contributed by atoms with van der Waals surface area (Å²) < 4.78 is 0. The Morgan fingerprint density at radius 3 is 2.84 bits per heavy atom. The third-order valence-corrected chi connectivity index (χ3v) is 6.98. The highest BCUT2D eigenvalue weighted by molar-refractivity contribution is 7.19. The van der Waals surface area contributed by atoms with Gasteiger partial charge in [0.25, 0.3) is 5.91 Å². The van der Waals surface area contributed by atoms with Crippen LogP contribution in [-0.2, 0) is 6.54 Å². The van der Waals surface area contributed by atoms with Crippen LogP contribution in [0.1, 0.15) is 27.2 Å². The predicted molar refractivity (Wildman–Crippen MR) is 143 cm³/mol. The normalized spacial score (nSPS) is 13.1. The lowest BCUT2D eigenvalue weighted by Gasteiger charge is -2.27. The number of carbonyl (C=O) groups excluding carboxylic acids is 1. The van der Waals surface area contributed by atoms with E-state index in [1.165, 1.54) is 17.5 Å². The fourth-order valence-corrected chi connectivity index (χ4v) is 4.94. The fourth-order valence-electron chi connectivity index (χ4n) is 3.98. The smallest absolute Gasteiger partial charge is 0.254 e. The predicted octanol–water partition coefficient (Wildman–Crippen LogP) is 3.58. The lowest BCUT2D eigenvalue weighted by Crippen LogP contribution is -2.46. The maximum Gasteiger partial charge on any atom is 0.254 e. The molecule has 1 fully saturated rings. The SMILES string of the molecule is Cc1nc(NCc2cccnc2)sc1-c1nc(Nc2cccc(C(=O)N3CCNCC3)c2)ncc1C#N. The van der Waals surface area contributed by atoms with E-state index < -0.39 is 0 Å². The second-order valence-corrected chi connectivity index (χ2v) is 9.46. The molecule has 3 aromatic heterocycles. The summed E-state index contributed by atoms with van der Waals surface area (Å²) in [6, 6.07) is 13.3. The van der Waals surface area contributed by atoms with E-state index in [1.807, 2.05) is 36.1 Å². The molecule has 4 heterocycles. The molecule has 11 heteroatoms. The summed E-state index contributed by atoms with van der Waals surface area (Å²) in [5.74, 6) is 0.330. The van der Waals surface area contributed by atoms with Crippen LogP contribution in [-0.4, -0.2) is 56.9 Å². The van der Waals surface area contributed by atoms with Crippen LogP contribution >= 0.6 is 11.3 Å². The molecule has 1 amide bonds. The maximum atomic E-state index is 12.9. The molecule has 4 aromatic rings. The van der Waals surface area contributed by atoms with E-state index in [2.05, 4.69) is 42.0 Å². The summed E-state index contributed by atoms with van der Waals surface area (Å²) in [5, 5.41) is 20.2. The fraction of sp³-hybridized carbons (Fsp3) is 0.231. The molecule has 0 aliphatic carbocycles. The van der Waals surface area contributed by atoms with Crippen molar-refractivity contribution in [2.75, 3.05) is 36.8 Å². The van der Waals surface area contributed by atoms with Gasteiger partial charge in [-0.1, -0.05) is 23.5 Å². The third kappa shape index (κ3) is 5.72. The first-order valence-corrected chi connectivity index (χ1v) is 12.7. The van der Waals surface area contributed by atoms with Crippen molar-refractivity contribution in [1.29, 1.82) is 5.26 Å². The molecule has 1 aliphatic rings. The van der Waals surface area contributed by atoms with Crippen molar-refractivity contribution in [3.8, 4) is 16.6 Å². The molecule has 186 valence electrons. The number of piperazine rings is 1. The number of hydrogen-bond acceptors (Lipinski definition) is 10. The van der Waals surface area contributed by atoms with E-state index in [1.54, 1.807) is 24.5 Å². The lowest BCUT2D eigenvalue weighted by atomic mass is 10.1. The van der Waals surface area contributed by atoms with Gasteiger partial charge < -0.3 is 20.9 Å². The number of nitrogens with one attached hydrogen (secondary N) is 3. The second kappa shape index (κ2) is 11.1. The van der Waals surface area contributed by atoms with Crippen LogP contribution in [0.5, 0.6) is 0 Å². The zero-order chi connectivity index (χ0) is 25.6. The summed E-state index contributed by atoms with van der Waals surface area (Å²) in [6.07, 6.45) is 5.04. The van der Waals surface area contributed by atoms with Gasteiger partial charge in [-0.15, -0.1) is 0 Å². The van der Waals surface area contributed by atoms with Gasteiger partial charge in [-0.25, -0.2) is 15.0 Å². The Labute approximate surface area is 218 Å². The monoisotopic (exact) mass is 511 g/mol. The molecule has 1 saturated heterocycles. The van der Waals surface area contributed by atoms with E-state index in [9.17, 15) is 10.1 Å². The topological polar surface area (TPSA) is 132 Å². The van der Waals surface area contributed by atoms with Crippen molar-refractivity contribution in [3.05, 3.63) is 77.4 Å². The maximum absolute atomic E-state index is 12.9. The number of amides is 1. The van der Waals surface area contributed by atoms with Crippen molar-refractivity contribution in [2.45, 2.75) is 13.5 Å². The van der Waals surface area contributed by atoms with Crippen molar-refractivity contribution >= 4 is 34.0 Å². The Balaban J connectivity index is 1.36. The highest BCUT2D eigenvalue weighted by Crippen LogP contribution is 2.34. The summed E-state index contributed by atoms with van der Waals surface area (Å²) >= 11 is 1.43. The molecule has 5 rings (SSSR count). The Bertz CT molecular complexity index is 1440. The summed E-state index contributed by atoms with van der Waals surface area (Å²) in [6.45, 7) is 5.44. The molecular weight excluding hydrogens is 486 g/mol. The lowest BCUT2D eigenvalue weighted by molar-refractivity contribution is 0.0736. The van der Waals surface area contributed by atoms with Crippen LogP contribution in [0.25, 0.3) is 10.6 Å². The molecule has 0 atom stereocenters. The van der Waals surface area contributed by atoms with Crippen LogP contribution in [0.3, 0.4) is 0 Å². The third-order valence-electron chi connectivity index (χ3n) is 5.86. The second-order valence-electron chi connectivity index (χ2n) is 8.46. The first kappa shape index (κ1) is 24.3. The van der Waals surface area contributed by atoms with Crippen LogP contribution < -0.4 is 16.0 Å². The molecule has 0 radical (unpaired) electrons. The molecule has 3 N–H and O–H groups in total. The molecule has 0 spiro atoms. The molecule has 10 nitrogen and oxygen atoms in total. The number of carbonyl (C=O) groups is 1. The number of hydrogen-bond donors (Lipinski definition) is 3. The molecule has 37 heavy (non-hydrogen) atoms. The van der Waals surface area contributed by atoms with Gasteiger partial charge in [0.2, 0.25) is 5.95 Å². The minimum absolute atomic E-state index is 0.00168. The van der Waals surface area contributed by atoms with Gasteiger partial charge in [-0.3, -0.25) is 9.78 Å².